The van der Waals surface area contributed by atoms with Crippen LogP contribution in [0.2, 0.25) is 0 Å². The molecule has 1 saturated carbocycles. The van der Waals surface area contributed by atoms with Crippen LogP contribution in [0.5, 0.6) is 5.75 Å². The summed E-state index contributed by atoms with van der Waals surface area (Å²) in [6.07, 6.45) is 4.77. The Hall–Kier alpha value is -1.55. The Balaban J connectivity index is 2.07. The van der Waals surface area contributed by atoms with Gasteiger partial charge in [0.2, 0.25) is 5.91 Å². The van der Waals surface area contributed by atoms with Crippen LogP contribution in [0.3, 0.4) is 0 Å². The normalized spacial score (nSPS) is 17.5. The molecule has 0 spiro atoms. The molecule has 1 amide bonds. The molecule has 0 aromatic heterocycles. The number of nitrogens with one attached hydrogen (secondary N) is 1. The SMILES string of the molecule is CCN(CC)C(C)CNC(=O)C(c1ccc(OC)cc1)C1CCCC1. The molecule has 25 heavy (non-hydrogen) atoms. The van der Waals surface area contributed by atoms with Crippen LogP contribution in [0.15, 0.2) is 24.3 Å². The molecule has 0 saturated heterocycles. The zero-order chi connectivity index (χ0) is 18.2. The highest BCUT2D eigenvalue weighted by Crippen LogP contribution is 2.38. The molecule has 1 aliphatic carbocycles. The molecule has 0 radical (unpaired) electrons. The van der Waals surface area contributed by atoms with Gasteiger partial charge in [-0.25, -0.2) is 0 Å². The zero-order valence-corrected chi connectivity index (χ0v) is 16.3. The predicted octanol–water partition coefficient (Wildman–Crippen LogP) is 3.82. The first-order valence-electron chi connectivity index (χ1n) is 9.76. The maximum absolute atomic E-state index is 13.0. The van der Waals surface area contributed by atoms with E-state index in [9.17, 15) is 4.79 Å². The molecule has 140 valence electrons. The lowest BCUT2D eigenvalue weighted by atomic mass is 9.84. The monoisotopic (exact) mass is 346 g/mol. The topological polar surface area (TPSA) is 41.6 Å². The van der Waals surface area contributed by atoms with Crippen molar-refractivity contribution in [3.63, 3.8) is 0 Å². The van der Waals surface area contributed by atoms with E-state index in [0.29, 0.717) is 18.5 Å². The van der Waals surface area contributed by atoms with E-state index in [0.717, 1.165) is 37.2 Å². The van der Waals surface area contributed by atoms with E-state index in [1.807, 2.05) is 12.1 Å². The molecule has 0 bridgehead atoms. The van der Waals surface area contributed by atoms with Gasteiger partial charge in [-0.05, 0) is 56.5 Å². The number of methoxy groups -OCH3 is 1. The van der Waals surface area contributed by atoms with Crippen LogP contribution in [0.1, 0.15) is 57.9 Å². The standard InChI is InChI=1S/C21H34N2O2/c1-5-23(6-2)16(3)15-22-21(24)20(17-9-7-8-10-17)18-11-13-19(25-4)14-12-18/h11-14,16-17,20H,5-10,15H2,1-4H3,(H,22,24). The van der Waals surface area contributed by atoms with E-state index in [1.165, 1.54) is 12.8 Å². The minimum Gasteiger partial charge on any atom is -0.497 e. The number of benzene rings is 1. The third-order valence-electron chi connectivity index (χ3n) is 5.64. The molecule has 0 heterocycles. The number of carbonyl (C=O) groups excluding carboxylic acids is 1. The lowest BCUT2D eigenvalue weighted by Gasteiger charge is -2.28. The Kier molecular flexibility index (Phi) is 7.76. The van der Waals surface area contributed by atoms with Crippen molar-refractivity contribution in [1.29, 1.82) is 0 Å². The Morgan fingerprint density at radius 2 is 1.80 bits per heavy atom. The van der Waals surface area contributed by atoms with Gasteiger partial charge in [0.25, 0.3) is 0 Å². The number of amides is 1. The first-order valence-corrected chi connectivity index (χ1v) is 9.76. The number of likely N-dealkylation sites (N-methyl/N-ethyl adjacent to an activating group) is 1. The molecular formula is C21H34N2O2. The minimum atomic E-state index is -0.0442. The maximum Gasteiger partial charge on any atom is 0.227 e. The van der Waals surface area contributed by atoms with Gasteiger partial charge in [-0.15, -0.1) is 0 Å². The Bertz CT molecular complexity index is 519. The van der Waals surface area contributed by atoms with Gasteiger partial charge >= 0.3 is 0 Å². The second kappa shape index (κ2) is 9.81. The minimum absolute atomic E-state index is 0.0442. The highest BCUT2D eigenvalue weighted by molar-refractivity contribution is 5.84. The summed E-state index contributed by atoms with van der Waals surface area (Å²) >= 11 is 0. The van der Waals surface area contributed by atoms with E-state index in [4.69, 9.17) is 4.74 Å². The first-order chi connectivity index (χ1) is 12.1. The van der Waals surface area contributed by atoms with Crippen molar-refractivity contribution in [2.75, 3.05) is 26.7 Å². The fourth-order valence-electron chi connectivity index (χ4n) is 4.07. The van der Waals surface area contributed by atoms with Crippen molar-refractivity contribution in [1.82, 2.24) is 10.2 Å². The molecule has 4 nitrogen and oxygen atoms in total. The van der Waals surface area contributed by atoms with E-state index < -0.39 is 0 Å². The summed E-state index contributed by atoms with van der Waals surface area (Å²) in [4.78, 5) is 15.4. The van der Waals surface area contributed by atoms with Crippen molar-refractivity contribution >= 4 is 5.91 Å². The van der Waals surface area contributed by atoms with Crippen molar-refractivity contribution in [3.05, 3.63) is 29.8 Å². The summed E-state index contributed by atoms with van der Waals surface area (Å²) in [5.74, 6) is 1.43. The molecule has 0 aliphatic heterocycles. The third-order valence-corrected chi connectivity index (χ3v) is 5.64. The number of rotatable bonds is 9. The smallest absolute Gasteiger partial charge is 0.227 e. The Labute approximate surface area is 152 Å². The van der Waals surface area contributed by atoms with Gasteiger partial charge in [0.05, 0.1) is 13.0 Å². The van der Waals surface area contributed by atoms with Gasteiger partial charge in [-0.1, -0.05) is 38.8 Å². The summed E-state index contributed by atoms with van der Waals surface area (Å²) in [6.45, 7) is 9.25. The van der Waals surface area contributed by atoms with Gasteiger partial charge in [-0.2, -0.15) is 0 Å². The molecule has 4 heteroatoms. The van der Waals surface area contributed by atoms with Gasteiger partial charge < -0.3 is 10.1 Å². The van der Waals surface area contributed by atoms with Crippen LogP contribution in [-0.4, -0.2) is 43.6 Å². The van der Waals surface area contributed by atoms with Crippen LogP contribution in [-0.2, 0) is 4.79 Å². The summed E-state index contributed by atoms with van der Waals surface area (Å²) in [5, 5.41) is 3.22. The molecule has 1 aliphatic rings. The van der Waals surface area contributed by atoms with Gasteiger partial charge in [0.1, 0.15) is 5.75 Å². The quantitative estimate of drug-likeness (QED) is 0.739. The third kappa shape index (κ3) is 5.21. The van der Waals surface area contributed by atoms with E-state index in [-0.39, 0.29) is 11.8 Å². The summed E-state index contributed by atoms with van der Waals surface area (Å²) in [7, 11) is 1.67. The van der Waals surface area contributed by atoms with Crippen LogP contribution >= 0.6 is 0 Å². The molecule has 1 N–H and O–H groups in total. The van der Waals surface area contributed by atoms with Crippen LogP contribution in [0, 0.1) is 5.92 Å². The van der Waals surface area contributed by atoms with Crippen molar-refractivity contribution in [2.45, 2.75) is 58.4 Å². The molecule has 2 rings (SSSR count). The number of nitrogens with zero attached hydrogens (tertiary/aromatic N) is 1. The van der Waals surface area contributed by atoms with E-state index in [1.54, 1.807) is 7.11 Å². The zero-order valence-electron chi connectivity index (χ0n) is 16.3. The fourth-order valence-corrected chi connectivity index (χ4v) is 4.07. The second-order valence-electron chi connectivity index (χ2n) is 7.11. The highest BCUT2D eigenvalue weighted by Gasteiger charge is 2.32. The van der Waals surface area contributed by atoms with Gasteiger partial charge in [0.15, 0.2) is 0 Å². The molecular weight excluding hydrogens is 312 g/mol. The van der Waals surface area contributed by atoms with Crippen LogP contribution in [0.4, 0.5) is 0 Å². The summed E-state index contributed by atoms with van der Waals surface area (Å²) in [6, 6.07) is 8.38. The van der Waals surface area contributed by atoms with Crippen molar-refractivity contribution in [3.8, 4) is 5.75 Å². The molecule has 2 atom stereocenters. The van der Waals surface area contributed by atoms with Crippen molar-refractivity contribution in [2.24, 2.45) is 5.92 Å². The molecule has 1 aromatic carbocycles. The van der Waals surface area contributed by atoms with Crippen LogP contribution in [0.25, 0.3) is 0 Å². The predicted molar refractivity (Wildman–Crippen MR) is 103 cm³/mol. The number of hydrogen-bond acceptors (Lipinski definition) is 3. The Morgan fingerprint density at radius 1 is 1.20 bits per heavy atom. The largest absolute Gasteiger partial charge is 0.497 e. The fraction of sp³-hybridized carbons (Fsp3) is 0.667. The highest BCUT2D eigenvalue weighted by atomic mass is 16.5. The molecule has 1 fully saturated rings. The summed E-state index contributed by atoms with van der Waals surface area (Å²) < 4.78 is 5.26. The average molecular weight is 347 g/mol. The molecule has 2 unspecified atom stereocenters. The number of hydrogen-bond donors (Lipinski definition) is 1. The maximum atomic E-state index is 13.0. The van der Waals surface area contributed by atoms with E-state index in [2.05, 4.69) is 43.1 Å². The first kappa shape index (κ1) is 19.8. The van der Waals surface area contributed by atoms with Gasteiger partial charge in [0, 0.05) is 12.6 Å². The lowest BCUT2D eigenvalue weighted by Crippen LogP contribution is -2.44. The molecule has 1 aromatic rings. The summed E-state index contributed by atoms with van der Waals surface area (Å²) in [5.41, 5.74) is 1.11. The second-order valence-corrected chi connectivity index (χ2v) is 7.11. The lowest BCUT2D eigenvalue weighted by molar-refractivity contribution is -0.124. The number of ether oxygens (including phenoxy) is 1. The van der Waals surface area contributed by atoms with E-state index >= 15 is 0 Å². The van der Waals surface area contributed by atoms with Gasteiger partial charge in [-0.3, -0.25) is 9.69 Å². The number of carbonyl (C=O) groups is 1. The average Bonchev–Trinajstić information content (AvgIpc) is 3.16. The Morgan fingerprint density at radius 3 is 2.32 bits per heavy atom. The van der Waals surface area contributed by atoms with Crippen molar-refractivity contribution < 1.29 is 9.53 Å². The van der Waals surface area contributed by atoms with Crippen LogP contribution < -0.4 is 10.1 Å².